The van der Waals surface area contributed by atoms with Gasteiger partial charge >= 0.3 is 0 Å². The molecule has 0 spiro atoms. The van der Waals surface area contributed by atoms with Crippen molar-refractivity contribution in [3.63, 3.8) is 0 Å². The first-order chi connectivity index (χ1) is 13.5. The Morgan fingerprint density at radius 3 is 2.52 bits per heavy atom. The van der Waals surface area contributed by atoms with Gasteiger partial charge in [-0.3, -0.25) is 9.59 Å². The quantitative estimate of drug-likeness (QED) is 0.710. The van der Waals surface area contributed by atoms with Crippen molar-refractivity contribution in [1.29, 1.82) is 0 Å². The molecule has 29 heavy (non-hydrogen) atoms. The van der Waals surface area contributed by atoms with Crippen LogP contribution in [0.1, 0.15) is 32.3 Å². The summed E-state index contributed by atoms with van der Waals surface area (Å²) < 4.78 is 40.2. The van der Waals surface area contributed by atoms with Gasteiger partial charge in [-0.25, -0.2) is 13.2 Å². The number of carbonyl (C=O) groups excluding carboxylic acids is 2. The zero-order valence-corrected chi connectivity index (χ0v) is 16.5. The van der Waals surface area contributed by atoms with Gasteiger partial charge in [0.05, 0.1) is 6.04 Å². The van der Waals surface area contributed by atoms with Gasteiger partial charge in [-0.05, 0) is 38.3 Å². The number of amides is 2. The molecule has 2 aliphatic rings. The molecule has 0 bridgehead atoms. The summed E-state index contributed by atoms with van der Waals surface area (Å²) in [5.74, 6) is -3.78. The number of likely N-dealkylation sites (tertiary alicyclic amines) is 2. The molecule has 0 saturated carbocycles. The summed E-state index contributed by atoms with van der Waals surface area (Å²) in [5, 5.41) is 9.93. The van der Waals surface area contributed by atoms with Crippen molar-refractivity contribution in [2.24, 2.45) is 11.7 Å². The highest BCUT2D eigenvalue weighted by atomic mass is 19.2. The normalized spacial score (nSPS) is 22.7. The Labute approximate surface area is 167 Å². The monoisotopic (exact) mass is 413 g/mol. The van der Waals surface area contributed by atoms with Crippen LogP contribution in [0, 0.1) is 23.4 Å². The summed E-state index contributed by atoms with van der Waals surface area (Å²) in [4.78, 5) is 28.3. The van der Waals surface area contributed by atoms with E-state index in [0.717, 1.165) is 12.5 Å². The Morgan fingerprint density at radius 1 is 1.21 bits per heavy atom. The molecule has 3 atom stereocenters. The van der Waals surface area contributed by atoms with Crippen LogP contribution in [0.3, 0.4) is 0 Å². The molecule has 0 radical (unpaired) electrons. The van der Waals surface area contributed by atoms with Crippen molar-refractivity contribution in [3.05, 3.63) is 35.1 Å². The Bertz CT molecular complexity index is 812. The minimum Gasteiger partial charge on any atom is -0.381 e. The molecule has 0 aromatic heterocycles. The fraction of sp³-hybridized carbons (Fsp3) is 0.600. The molecule has 2 aliphatic heterocycles. The molecule has 3 unspecified atom stereocenters. The van der Waals surface area contributed by atoms with E-state index in [1.54, 1.807) is 9.80 Å². The molecular formula is C20H26F3N3O3. The van der Waals surface area contributed by atoms with Crippen molar-refractivity contribution in [1.82, 2.24) is 9.80 Å². The molecule has 3 N–H and O–H groups in total. The number of nitrogens with zero attached hydrogens (tertiary/aromatic N) is 2. The predicted molar refractivity (Wildman–Crippen MR) is 99.1 cm³/mol. The van der Waals surface area contributed by atoms with Crippen LogP contribution in [0.5, 0.6) is 0 Å². The lowest BCUT2D eigenvalue weighted by Crippen LogP contribution is -2.47. The molecule has 1 aromatic carbocycles. The van der Waals surface area contributed by atoms with E-state index in [1.165, 1.54) is 13.8 Å². The number of hydrogen-bond acceptors (Lipinski definition) is 4. The molecule has 9 heteroatoms. The zero-order chi connectivity index (χ0) is 21.5. The number of hydrogen-bond donors (Lipinski definition) is 2. The Hall–Kier alpha value is -2.13. The van der Waals surface area contributed by atoms with Crippen LogP contribution in [0.4, 0.5) is 13.2 Å². The highest BCUT2D eigenvalue weighted by Gasteiger charge is 2.46. The first kappa shape index (κ1) is 21.6. The van der Waals surface area contributed by atoms with Gasteiger partial charge in [0.1, 0.15) is 11.4 Å². The Balaban J connectivity index is 1.60. The molecule has 3 rings (SSSR count). The average molecular weight is 413 g/mol. The van der Waals surface area contributed by atoms with Crippen LogP contribution in [0.25, 0.3) is 0 Å². The third-order valence-corrected chi connectivity index (χ3v) is 5.69. The van der Waals surface area contributed by atoms with E-state index in [2.05, 4.69) is 0 Å². The van der Waals surface area contributed by atoms with E-state index in [0.29, 0.717) is 25.7 Å². The van der Waals surface area contributed by atoms with Crippen molar-refractivity contribution >= 4 is 11.8 Å². The summed E-state index contributed by atoms with van der Waals surface area (Å²) in [6, 6.07) is 0.340. The van der Waals surface area contributed by atoms with Gasteiger partial charge in [0.15, 0.2) is 11.6 Å². The predicted octanol–water partition coefficient (Wildman–Crippen LogP) is 1.19. The highest BCUT2D eigenvalue weighted by molar-refractivity contribution is 5.84. The number of nitrogens with two attached hydrogens (primary N) is 1. The van der Waals surface area contributed by atoms with E-state index in [9.17, 15) is 27.9 Å². The maximum atomic E-state index is 13.8. The van der Waals surface area contributed by atoms with Crippen LogP contribution in [0.15, 0.2) is 12.1 Å². The second-order valence-corrected chi connectivity index (χ2v) is 8.50. The van der Waals surface area contributed by atoms with Crippen molar-refractivity contribution in [3.8, 4) is 0 Å². The standard InChI is InChI=1S/C20H26F3N3O3/c1-20(2,29)19(28)25-9-11-3-4-26(17(11)10-25)18(27)7-13(24)5-12-6-15(22)16(23)8-14(12)21/h6,8,11,13,17,29H,3-5,7,9-10,24H2,1-2H3. The number of benzene rings is 1. The third-order valence-electron chi connectivity index (χ3n) is 5.69. The minimum absolute atomic E-state index is 0.0684. The molecule has 6 nitrogen and oxygen atoms in total. The molecule has 2 fully saturated rings. The van der Waals surface area contributed by atoms with Gasteiger partial charge in [-0.1, -0.05) is 0 Å². The number of carbonyl (C=O) groups is 2. The molecule has 1 aromatic rings. The lowest BCUT2D eigenvalue weighted by atomic mass is 10.0. The maximum absolute atomic E-state index is 13.8. The fourth-order valence-corrected chi connectivity index (χ4v) is 4.24. The summed E-state index contributed by atoms with van der Waals surface area (Å²) in [6.07, 6.45) is 0.584. The van der Waals surface area contributed by atoms with E-state index in [-0.39, 0.29) is 42.2 Å². The SMILES string of the molecule is CC(C)(O)C(=O)N1CC2CCN(C(=O)CC(N)Cc3cc(F)c(F)cc3F)C2C1. The van der Waals surface area contributed by atoms with E-state index >= 15 is 0 Å². The van der Waals surface area contributed by atoms with Gasteiger partial charge in [0, 0.05) is 44.1 Å². The Morgan fingerprint density at radius 2 is 1.86 bits per heavy atom. The second-order valence-electron chi connectivity index (χ2n) is 8.50. The summed E-state index contributed by atoms with van der Waals surface area (Å²) in [6.45, 7) is 4.26. The van der Waals surface area contributed by atoms with Crippen molar-refractivity contribution < 1.29 is 27.9 Å². The number of halogens is 3. The molecular weight excluding hydrogens is 387 g/mol. The highest BCUT2D eigenvalue weighted by Crippen LogP contribution is 2.33. The van der Waals surface area contributed by atoms with Crippen molar-refractivity contribution in [2.75, 3.05) is 19.6 Å². The maximum Gasteiger partial charge on any atom is 0.254 e. The van der Waals surface area contributed by atoms with Gasteiger partial charge in [0.2, 0.25) is 5.91 Å². The molecule has 2 amide bonds. The summed E-state index contributed by atoms with van der Waals surface area (Å²) in [5.41, 5.74) is 4.43. The van der Waals surface area contributed by atoms with E-state index in [1.807, 2.05) is 0 Å². The van der Waals surface area contributed by atoms with E-state index in [4.69, 9.17) is 5.73 Å². The van der Waals surface area contributed by atoms with Crippen LogP contribution in [-0.2, 0) is 16.0 Å². The number of aliphatic hydroxyl groups is 1. The smallest absolute Gasteiger partial charge is 0.254 e. The molecule has 2 heterocycles. The lowest BCUT2D eigenvalue weighted by Gasteiger charge is -2.28. The zero-order valence-electron chi connectivity index (χ0n) is 16.5. The van der Waals surface area contributed by atoms with Gasteiger partial charge in [-0.2, -0.15) is 0 Å². The fourth-order valence-electron chi connectivity index (χ4n) is 4.24. The number of rotatable bonds is 5. The first-order valence-electron chi connectivity index (χ1n) is 9.67. The van der Waals surface area contributed by atoms with Gasteiger partial charge in [0.25, 0.3) is 5.91 Å². The molecule has 160 valence electrons. The summed E-state index contributed by atoms with van der Waals surface area (Å²) in [7, 11) is 0. The Kier molecular flexibility index (Phi) is 5.91. The van der Waals surface area contributed by atoms with E-state index < -0.39 is 29.1 Å². The third kappa shape index (κ3) is 4.56. The lowest BCUT2D eigenvalue weighted by molar-refractivity contribution is -0.147. The number of fused-ring (bicyclic) bond motifs is 1. The largest absolute Gasteiger partial charge is 0.381 e. The van der Waals surface area contributed by atoms with Crippen LogP contribution in [-0.4, -0.2) is 64.0 Å². The van der Waals surface area contributed by atoms with Crippen molar-refractivity contribution in [2.45, 2.75) is 50.8 Å². The van der Waals surface area contributed by atoms with Crippen LogP contribution < -0.4 is 5.73 Å². The second kappa shape index (κ2) is 7.95. The minimum atomic E-state index is -1.47. The van der Waals surface area contributed by atoms with Gasteiger partial charge < -0.3 is 20.6 Å². The summed E-state index contributed by atoms with van der Waals surface area (Å²) >= 11 is 0. The van der Waals surface area contributed by atoms with Crippen LogP contribution >= 0.6 is 0 Å². The first-order valence-corrected chi connectivity index (χ1v) is 9.67. The molecule has 2 saturated heterocycles. The van der Waals surface area contributed by atoms with Crippen LogP contribution in [0.2, 0.25) is 0 Å². The molecule has 0 aliphatic carbocycles. The average Bonchev–Trinajstić information content (AvgIpc) is 3.18. The topological polar surface area (TPSA) is 86.9 Å². The van der Waals surface area contributed by atoms with Gasteiger partial charge in [-0.15, -0.1) is 0 Å².